The molecule has 3 rings (SSSR count). The van der Waals surface area contributed by atoms with Crippen LogP contribution >= 0.6 is 0 Å². The zero-order valence-corrected chi connectivity index (χ0v) is 11.3. The van der Waals surface area contributed by atoms with Gasteiger partial charge in [0.15, 0.2) is 0 Å². The third kappa shape index (κ3) is 1.78. The number of benzene rings is 1. The van der Waals surface area contributed by atoms with Crippen LogP contribution in [0.3, 0.4) is 0 Å². The lowest BCUT2D eigenvalue weighted by molar-refractivity contribution is 0.568. The minimum atomic E-state index is -0.0164. The van der Waals surface area contributed by atoms with E-state index in [2.05, 4.69) is 41.2 Å². The number of hydrogen-bond acceptors (Lipinski definition) is 3. The molecule has 5 nitrogen and oxygen atoms in total. The molecule has 0 spiro atoms. The molecule has 5 heteroatoms. The average molecular weight is 255 g/mol. The van der Waals surface area contributed by atoms with Crippen molar-refractivity contribution in [1.29, 1.82) is 0 Å². The van der Waals surface area contributed by atoms with Gasteiger partial charge in [-0.05, 0) is 6.07 Å². The van der Waals surface area contributed by atoms with Crippen molar-refractivity contribution in [3.05, 3.63) is 30.1 Å². The number of aromatic nitrogens is 4. The van der Waals surface area contributed by atoms with Gasteiger partial charge in [-0.25, -0.2) is 0 Å². The van der Waals surface area contributed by atoms with Gasteiger partial charge < -0.3 is 5.73 Å². The number of fused-ring (bicyclic) bond motifs is 1. The van der Waals surface area contributed by atoms with Crippen LogP contribution in [0.5, 0.6) is 0 Å². The molecule has 2 heterocycles. The Hall–Kier alpha value is -2.30. The van der Waals surface area contributed by atoms with Crippen LogP contribution in [0, 0.1) is 0 Å². The first-order valence-electron chi connectivity index (χ1n) is 6.25. The van der Waals surface area contributed by atoms with E-state index in [9.17, 15) is 0 Å². The van der Waals surface area contributed by atoms with Crippen LogP contribution in [-0.2, 0) is 5.41 Å². The van der Waals surface area contributed by atoms with Crippen molar-refractivity contribution in [3.8, 4) is 11.3 Å². The molecule has 0 aliphatic carbocycles. The van der Waals surface area contributed by atoms with E-state index in [1.807, 2.05) is 24.4 Å². The Bertz CT molecular complexity index is 730. The fourth-order valence-corrected chi connectivity index (χ4v) is 2.31. The Balaban J connectivity index is 2.27. The molecule has 3 aromatic rings. The third-order valence-electron chi connectivity index (χ3n) is 3.28. The van der Waals surface area contributed by atoms with Crippen LogP contribution in [0.25, 0.3) is 22.2 Å². The largest absolute Gasteiger partial charge is 0.397 e. The fraction of sp³-hybridized carbons (Fsp3) is 0.286. The van der Waals surface area contributed by atoms with Crippen molar-refractivity contribution < 1.29 is 0 Å². The number of hydrogen-bond donors (Lipinski definition) is 3. The van der Waals surface area contributed by atoms with Crippen molar-refractivity contribution in [3.63, 3.8) is 0 Å². The first kappa shape index (κ1) is 11.8. The summed E-state index contributed by atoms with van der Waals surface area (Å²) >= 11 is 0. The van der Waals surface area contributed by atoms with Crippen LogP contribution in [0.4, 0.5) is 5.69 Å². The van der Waals surface area contributed by atoms with Crippen molar-refractivity contribution in [2.45, 2.75) is 26.2 Å². The summed E-state index contributed by atoms with van der Waals surface area (Å²) < 4.78 is 0. The Morgan fingerprint density at radius 2 is 1.95 bits per heavy atom. The van der Waals surface area contributed by atoms with Gasteiger partial charge in [0.1, 0.15) is 5.69 Å². The number of para-hydroxylation sites is 1. The SMILES string of the molecule is CC(C)(C)c1[nH]ncc1-c1n[nH]c2c(N)cccc12. The van der Waals surface area contributed by atoms with Crippen molar-refractivity contribution in [1.82, 2.24) is 20.4 Å². The number of nitrogens with two attached hydrogens (primary N) is 1. The van der Waals surface area contributed by atoms with E-state index in [0.717, 1.165) is 27.9 Å². The monoisotopic (exact) mass is 255 g/mol. The summed E-state index contributed by atoms with van der Waals surface area (Å²) in [5.74, 6) is 0. The predicted octanol–water partition coefficient (Wildman–Crippen LogP) is 2.83. The minimum absolute atomic E-state index is 0.0164. The molecule has 2 aromatic heterocycles. The molecule has 0 saturated heterocycles. The number of nitrogens with zero attached hydrogens (tertiary/aromatic N) is 2. The molecule has 0 aliphatic heterocycles. The van der Waals surface area contributed by atoms with Gasteiger partial charge in [-0.3, -0.25) is 10.2 Å². The quantitative estimate of drug-likeness (QED) is 0.585. The summed E-state index contributed by atoms with van der Waals surface area (Å²) in [6.07, 6.45) is 1.82. The molecule has 0 atom stereocenters. The van der Waals surface area contributed by atoms with Crippen LogP contribution < -0.4 is 5.73 Å². The standard InChI is InChI=1S/C14H17N5/c1-14(2,3)13-9(7-16-19-13)11-8-5-4-6-10(15)12(8)18-17-11/h4-7H,15H2,1-3H3,(H,16,19)(H,17,18). The zero-order chi connectivity index (χ0) is 13.6. The van der Waals surface area contributed by atoms with E-state index in [-0.39, 0.29) is 5.41 Å². The summed E-state index contributed by atoms with van der Waals surface area (Å²) in [4.78, 5) is 0. The van der Waals surface area contributed by atoms with Gasteiger partial charge in [0.2, 0.25) is 0 Å². The van der Waals surface area contributed by atoms with E-state index in [4.69, 9.17) is 5.73 Å². The average Bonchev–Trinajstić information content (AvgIpc) is 2.93. The van der Waals surface area contributed by atoms with Gasteiger partial charge in [0, 0.05) is 22.1 Å². The molecule has 0 aliphatic rings. The molecule has 19 heavy (non-hydrogen) atoms. The maximum atomic E-state index is 5.95. The van der Waals surface area contributed by atoms with Crippen molar-refractivity contribution >= 4 is 16.6 Å². The molecule has 4 N–H and O–H groups in total. The van der Waals surface area contributed by atoms with Gasteiger partial charge in [-0.15, -0.1) is 0 Å². The van der Waals surface area contributed by atoms with E-state index < -0.39 is 0 Å². The second kappa shape index (κ2) is 3.85. The normalized spacial score (nSPS) is 12.2. The van der Waals surface area contributed by atoms with Gasteiger partial charge in [-0.2, -0.15) is 10.2 Å². The lowest BCUT2D eigenvalue weighted by Crippen LogP contribution is -2.13. The topological polar surface area (TPSA) is 83.4 Å². The molecule has 0 saturated carbocycles. The Labute approximate surface area is 111 Å². The minimum Gasteiger partial charge on any atom is -0.397 e. The Morgan fingerprint density at radius 1 is 1.16 bits per heavy atom. The molecule has 0 amide bonds. The highest BCUT2D eigenvalue weighted by Gasteiger charge is 2.23. The van der Waals surface area contributed by atoms with E-state index >= 15 is 0 Å². The highest BCUT2D eigenvalue weighted by atomic mass is 15.1. The molecule has 1 aromatic carbocycles. The lowest BCUT2D eigenvalue weighted by Gasteiger charge is -2.17. The number of anilines is 1. The second-order valence-electron chi connectivity index (χ2n) is 5.75. The first-order chi connectivity index (χ1) is 8.98. The molecule has 0 unspecified atom stereocenters. The summed E-state index contributed by atoms with van der Waals surface area (Å²) in [5, 5.41) is 15.7. The third-order valence-corrected chi connectivity index (χ3v) is 3.28. The highest BCUT2D eigenvalue weighted by molar-refractivity contribution is 5.99. The predicted molar refractivity (Wildman–Crippen MR) is 76.8 cm³/mol. The molecular weight excluding hydrogens is 238 g/mol. The molecule has 0 radical (unpaired) electrons. The fourth-order valence-electron chi connectivity index (χ4n) is 2.31. The summed E-state index contributed by atoms with van der Waals surface area (Å²) in [7, 11) is 0. The van der Waals surface area contributed by atoms with Crippen molar-refractivity contribution in [2.75, 3.05) is 5.73 Å². The summed E-state index contributed by atoms with van der Waals surface area (Å²) in [6, 6.07) is 5.82. The summed E-state index contributed by atoms with van der Waals surface area (Å²) in [6.45, 7) is 6.44. The van der Waals surface area contributed by atoms with Gasteiger partial charge >= 0.3 is 0 Å². The van der Waals surface area contributed by atoms with E-state index in [1.165, 1.54) is 0 Å². The number of nitrogen functional groups attached to an aromatic ring is 1. The smallest absolute Gasteiger partial charge is 0.103 e. The van der Waals surface area contributed by atoms with E-state index in [1.54, 1.807) is 0 Å². The van der Waals surface area contributed by atoms with Crippen molar-refractivity contribution in [2.24, 2.45) is 0 Å². The van der Waals surface area contributed by atoms with E-state index in [0.29, 0.717) is 5.69 Å². The van der Waals surface area contributed by atoms with Gasteiger partial charge in [0.25, 0.3) is 0 Å². The van der Waals surface area contributed by atoms with Crippen LogP contribution in [0.1, 0.15) is 26.5 Å². The molecule has 0 bridgehead atoms. The Morgan fingerprint density at radius 3 is 2.68 bits per heavy atom. The van der Waals surface area contributed by atoms with Gasteiger partial charge in [0.05, 0.1) is 17.4 Å². The Kier molecular flexibility index (Phi) is 2.38. The maximum absolute atomic E-state index is 5.95. The summed E-state index contributed by atoms with van der Waals surface area (Å²) in [5.41, 5.74) is 10.5. The first-order valence-corrected chi connectivity index (χ1v) is 6.25. The number of rotatable bonds is 1. The molecule has 0 fully saturated rings. The lowest BCUT2D eigenvalue weighted by atomic mass is 9.88. The van der Waals surface area contributed by atoms with Crippen LogP contribution in [0.15, 0.2) is 24.4 Å². The zero-order valence-electron chi connectivity index (χ0n) is 11.3. The van der Waals surface area contributed by atoms with Gasteiger partial charge in [-0.1, -0.05) is 32.9 Å². The second-order valence-corrected chi connectivity index (χ2v) is 5.75. The number of aromatic amines is 2. The number of nitrogens with one attached hydrogen (secondary N) is 2. The highest BCUT2D eigenvalue weighted by Crippen LogP contribution is 2.34. The number of H-pyrrole nitrogens is 2. The van der Waals surface area contributed by atoms with Crippen LogP contribution in [-0.4, -0.2) is 20.4 Å². The maximum Gasteiger partial charge on any atom is 0.103 e. The molecular formula is C14H17N5. The van der Waals surface area contributed by atoms with Crippen LogP contribution in [0.2, 0.25) is 0 Å². The molecule has 98 valence electrons.